The average Bonchev–Trinajstić information content (AvgIpc) is 2.87. The second-order valence-corrected chi connectivity index (χ2v) is 7.21. The summed E-state index contributed by atoms with van der Waals surface area (Å²) in [4.78, 5) is 12.0. The van der Waals surface area contributed by atoms with Crippen molar-refractivity contribution in [2.75, 3.05) is 11.9 Å². The van der Waals surface area contributed by atoms with Gasteiger partial charge in [0.25, 0.3) is 0 Å². The molecule has 0 aliphatic heterocycles. The molecule has 0 bridgehead atoms. The van der Waals surface area contributed by atoms with Crippen molar-refractivity contribution >= 4 is 11.9 Å². The number of nitrogens with zero attached hydrogens (tertiary/aromatic N) is 2. The van der Waals surface area contributed by atoms with Crippen molar-refractivity contribution < 1.29 is 9.53 Å². The van der Waals surface area contributed by atoms with E-state index >= 15 is 0 Å². The maximum Gasteiger partial charge on any atom is 0.413 e. The molecule has 1 aromatic heterocycles. The number of amides is 1. The van der Waals surface area contributed by atoms with Gasteiger partial charge in [0.05, 0.1) is 6.20 Å². The van der Waals surface area contributed by atoms with Crippen LogP contribution in [0.25, 0.3) is 0 Å². The van der Waals surface area contributed by atoms with Crippen LogP contribution in [0.3, 0.4) is 0 Å². The summed E-state index contributed by atoms with van der Waals surface area (Å²) in [5, 5.41) is 10.4. The zero-order valence-electron chi connectivity index (χ0n) is 15.7. The standard InChI is InChI=1S/C19H28N4O2/c1-14(15-9-7-6-8-10-15)11-20-12-16-13-21-23(5)17(16)22-18(24)25-19(2,3)4/h6-10,13-14,20H,11-12H2,1-5H3,(H,22,24). The first-order valence-electron chi connectivity index (χ1n) is 8.53. The van der Waals surface area contributed by atoms with Crippen LogP contribution in [0.5, 0.6) is 0 Å². The minimum absolute atomic E-state index is 0.403. The zero-order valence-corrected chi connectivity index (χ0v) is 15.7. The van der Waals surface area contributed by atoms with E-state index in [1.165, 1.54) is 5.56 Å². The van der Waals surface area contributed by atoms with Crippen LogP contribution in [-0.4, -0.2) is 28.0 Å². The van der Waals surface area contributed by atoms with Gasteiger partial charge in [-0.2, -0.15) is 5.10 Å². The quantitative estimate of drug-likeness (QED) is 0.839. The third kappa shape index (κ3) is 5.90. The Kier molecular flexibility index (Phi) is 6.20. The normalized spacial score (nSPS) is 12.7. The molecule has 1 unspecified atom stereocenters. The number of nitrogens with one attached hydrogen (secondary N) is 2. The Morgan fingerprint density at radius 2 is 1.96 bits per heavy atom. The molecule has 0 aliphatic carbocycles. The van der Waals surface area contributed by atoms with Crippen LogP contribution >= 0.6 is 0 Å². The first-order valence-corrected chi connectivity index (χ1v) is 8.53. The van der Waals surface area contributed by atoms with Gasteiger partial charge in [0.2, 0.25) is 0 Å². The van der Waals surface area contributed by atoms with Crippen molar-refractivity contribution in [2.24, 2.45) is 7.05 Å². The highest BCUT2D eigenvalue weighted by atomic mass is 16.6. The topological polar surface area (TPSA) is 68.2 Å². The Bertz CT molecular complexity index is 689. The molecular formula is C19H28N4O2. The Morgan fingerprint density at radius 1 is 1.28 bits per heavy atom. The van der Waals surface area contributed by atoms with E-state index in [4.69, 9.17) is 4.74 Å². The fraction of sp³-hybridized carbons (Fsp3) is 0.474. The van der Waals surface area contributed by atoms with Crippen LogP contribution in [-0.2, 0) is 18.3 Å². The third-order valence-electron chi connectivity index (χ3n) is 3.77. The lowest BCUT2D eigenvalue weighted by Crippen LogP contribution is -2.28. The summed E-state index contributed by atoms with van der Waals surface area (Å²) in [5.74, 6) is 1.05. The molecule has 2 aromatic rings. The van der Waals surface area contributed by atoms with E-state index in [9.17, 15) is 4.79 Å². The van der Waals surface area contributed by atoms with Crippen molar-refractivity contribution in [3.8, 4) is 0 Å². The molecule has 0 aliphatic rings. The maximum absolute atomic E-state index is 12.0. The fourth-order valence-corrected chi connectivity index (χ4v) is 2.50. The summed E-state index contributed by atoms with van der Waals surface area (Å²) in [6.07, 6.45) is 1.28. The van der Waals surface area contributed by atoms with Gasteiger partial charge in [-0.05, 0) is 32.3 Å². The molecule has 136 valence electrons. The highest BCUT2D eigenvalue weighted by molar-refractivity contribution is 5.84. The van der Waals surface area contributed by atoms with Crippen molar-refractivity contribution in [2.45, 2.75) is 45.8 Å². The second-order valence-electron chi connectivity index (χ2n) is 7.21. The zero-order chi connectivity index (χ0) is 18.4. The number of carbonyl (C=O) groups excluding carboxylic acids is 1. The van der Waals surface area contributed by atoms with Crippen molar-refractivity contribution in [3.63, 3.8) is 0 Å². The van der Waals surface area contributed by atoms with E-state index in [-0.39, 0.29) is 0 Å². The Hall–Kier alpha value is -2.34. The Labute approximate surface area is 149 Å². The van der Waals surface area contributed by atoms with Crippen molar-refractivity contribution in [1.82, 2.24) is 15.1 Å². The maximum atomic E-state index is 12.0. The largest absolute Gasteiger partial charge is 0.444 e. The predicted molar refractivity (Wildman–Crippen MR) is 99.6 cm³/mol. The molecule has 2 N–H and O–H groups in total. The van der Waals surface area contributed by atoms with Crippen LogP contribution in [0, 0.1) is 0 Å². The van der Waals surface area contributed by atoms with Gasteiger partial charge in [0, 0.05) is 25.7 Å². The predicted octanol–water partition coefficient (Wildman–Crippen LogP) is 3.66. The number of hydrogen-bond donors (Lipinski definition) is 2. The second kappa shape index (κ2) is 8.16. The van der Waals surface area contributed by atoms with Gasteiger partial charge in [0.15, 0.2) is 0 Å². The summed E-state index contributed by atoms with van der Waals surface area (Å²) in [5.41, 5.74) is 1.69. The van der Waals surface area contributed by atoms with E-state index in [2.05, 4.69) is 46.9 Å². The number of carbonyl (C=O) groups is 1. The monoisotopic (exact) mass is 344 g/mol. The molecule has 6 heteroatoms. The number of rotatable bonds is 6. The molecule has 1 atom stereocenters. The lowest BCUT2D eigenvalue weighted by atomic mass is 10.0. The molecule has 0 saturated heterocycles. The molecule has 6 nitrogen and oxygen atoms in total. The number of anilines is 1. The highest BCUT2D eigenvalue weighted by Gasteiger charge is 2.19. The molecule has 0 saturated carbocycles. The molecule has 0 radical (unpaired) electrons. The van der Waals surface area contributed by atoms with Gasteiger partial charge in [-0.1, -0.05) is 37.3 Å². The molecule has 0 spiro atoms. The summed E-state index contributed by atoms with van der Waals surface area (Å²) >= 11 is 0. The molecule has 25 heavy (non-hydrogen) atoms. The van der Waals surface area contributed by atoms with Crippen LogP contribution in [0.15, 0.2) is 36.5 Å². The molecule has 1 amide bonds. The number of benzene rings is 1. The van der Waals surface area contributed by atoms with Crippen molar-refractivity contribution in [1.29, 1.82) is 0 Å². The first kappa shape index (κ1) is 19.0. The molecule has 1 aromatic carbocycles. The third-order valence-corrected chi connectivity index (χ3v) is 3.77. The van der Waals surface area contributed by atoms with Crippen LogP contribution < -0.4 is 10.6 Å². The number of hydrogen-bond acceptors (Lipinski definition) is 4. The lowest BCUT2D eigenvalue weighted by molar-refractivity contribution is 0.0634. The molecule has 0 fully saturated rings. The first-order chi connectivity index (χ1) is 11.8. The lowest BCUT2D eigenvalue weighted by Gasteiger charge is -2.20. The summed E-state index contributed by atoms with van der Waals surface area (Å²) in [6.45, 7) is 9.15. The Morgan fingerprint density at radius 3 is 2.60 bits per heavy atom. The van der Waals surface area contributed by atoms with Crippen LogP contribution in [0.4, 0.5) is 10.6 Å². The van der Waals surface area contributed by atoms with Gasteiger partial charge >= 0.3 is 6.09 Å². The molecule has 2 rings (SSSR count). The SMILES string of the molecule is CC(CNCc1cnn(C)c1NC(=O)OC(C)(C)C)c1ccccc1. The van der Waals surface area contributed by atoms with E-state index in [1.807, 2.05) is 26.8 Å². The van der Waals surface area contributed by atoms with Gasteiger partial charge < -0.3 is 10.1 Å². The van der Waals surface area contributed by atoms with E-state index in [0.29, 0.717) is 18.3 Å². The average molecular weight is 344 g/mol. The van der Waals surface area contributed by atoms with Gasteiger partial charge in [-0.25, -0.2) is 4.79 Å². The van der Waals surface area contributed by atoms with Crippen LogP contribution in [0.2, 0.25) is 0 Å². The van der Waals surface area contributed by atoms with Crippen molar-refractivity contribution in [3.05, 3.63) is 47.7 Å². The smallest absolute Gasteiger partial charge is 0.413 e. The minimum atomic E-state index is -0.536. The summed E-state index contributed by atoms with van der Waals surface area (Å²) in [7, 11) is 1.79. The summed E-state index contributed by atoms with van der Waals surface area (Å²) in [6, 6.07) is 10.4. The summed E-state index contributed by atoms with van der Waals surface area (Å²) < 4.78 is 6.95. The number of aryl methyl sites for hydroxylation is 1. The fourth-order valence-electron chi connectivity index (χ4n) is 2.50. The van der Waals surface area contributed by atoms with E-state index < -0.39 is 11.7 Å². The highest BCUT2D eigenvalue weighted by Crippen LogP contribution is 2.17. The van der Waals surface area contributed by atoms with Gasteiger partial charge in [-0.15, -0.1) is 0 Å². The van der Waals surface area contributed by atoms with E-state index in [1.54, 1.807) is 17.9 Å². The Balaban J connectivity index is 1.91. The van der Waals surface area contributed by atoms with E-state index in [0.717, 1.165) is 12.1 Å². The van der Waals surface area contributed by atoms with Crippen LogP contribution in [0.1, 0.15) is 44.7 Å². The number of aromatic nitrogens is 2. The molecule has 1 heterocycles. The van der Waals surface area contributed by atoms with Gasteiger partial charge in [0.1, 0.15) is 11.4 Å². The van der Waals surface area contributed by atoms with Gasteiger partial charge in [-0.3, -0.25) is 10.00 Å². The molecular weight excluding hydrogens is 316 g/mol. The minimum Gasteiger partial charge on any atom is -0.444 e. The number of ether oxygens (including phenoxy) is 1.